The van der Waals surface area contributed by atoms with E-state index in [-0.39, 0.29) is 17.2 Å². The smallest absolute Gasteiger partial charge is 0.289 e. The minimum atomic E-state index is -0.224. The molecule has 0 saturated carbocycles. The molecule has 1 saturated heterocycles. The fraction of sp³-hybridized carbons (Fsp3) is 0.591. The Bertz CT molecular complexity index is 941. The van der Waals surface area contributed by atoms with Gasteiger partial charge in [0.05, 0.1) is 12.2 Å². The maximum atomic E-state index is 13.0. The van der Waals surface area contributed by atoms with Gasteiger partial charge in [-0.05, 0) is 43.2 Å². The molecule has 9 heteroatoms. The van der Waals surface area contributed by atoms with Gasteiger partial charge in [0, 0.05) is 51.6 Å². The van der Waals surface area contributed by atoms with Crippen molar-refractivity contribution in [3.05, 3.63) is 41.2 Å². The molecule has 2 aliphatic rings. The summed E-state index contributed by atoms with van der Waals surface area (Å²) in [6.07, 6.45) is 6.10. The first-order chi connectivity index (χ1) is 15.0. The highest BCUT2D eigenvalue weighted by Crippen LogP contribution is 2.41. The number of ether oxygens (including phenoxy) is 1. The van der Waals surface area contributed by atoms with Gasteiger partial charge in [-0.2, -0.15) is 0 Å². The molecule has 0 radical (unpaired) electrons. The third kappa shape index (κ3) is 4.46. The van der Waals surface area contributed by atoms with Crippen LogP contribution in [0.1, 0.15) is 58.7 Å². The number of hydrogen-bond acceptors (Lipinski definition) is 6. The van der Waals surface area contributed by atoms with Crippen molar-refractivity contribution in [2.75, 3.05) is 33.4 Å². The number of nitrogens with zero attached hydrogens (tertiary/aromatic N) is 5. The summed E-state index contributed by atoms with van der Waals surface area (Å²) in [7, 11) is 1.60. The zero-order valence-corrected chi connectivity index (χ0v) is 18.3. The lowest BCUT2D eigenvalue weighted by molar-refractivity contribution is 0.0766. The molecule has 166 valence electrons. The molecule has 2 aromatic rings. The molecule has 4 heterocycles. The number of aromatic nitrogens is 4. The van der Waals surface area contributed by atoms with Gasteiger partial charge in [-0.1, -0.05) is 6.92 Å². The van der Waals surface area contributed by atoms with Crippen molar-refractivity contribution in [3.63, 3.8) is 0 Å². The van der Waals surface area contributed by atoms with E-state index in [1.807, 2.05) is 21.6 Å². The standard InChI is InChI=1S/C22H30N6O3/c1-3-17-5-4-16(14-24-17)21(30)27-11-8-22(15-27)7-6-18-25-26-19(28(18)12-9-22)20(29)23-10-13-31-2/h4-5,14H,3,6-13,15H2,1-2H3,(H,23,29). The molecule has 4 rings (SSSR count). The van der Waals surface area contributed by atoms with Crippen molar-refractivity contribution in [2.45, 2.75) is 45.6 Å². The summed E-state index contributed by atoms with van der Waals surface area (Å²) in [5.41, 5.74) is 1.69. The maximum Gasteiger partial charge on any atom is 0.289 e. The van der Waals surface area contributed by atoms with Crippen LogP contribution in [-0.4, -0.2) is 69.8 Å². The van der Waals surface area contributed by atoms with Crippen LogP contribution in [0.5, 0.6) is 0 Å². The van der Waals surface area contributed by atoms with Crippen LogP contribution in [0.4, 0.5) is 0 Å². The van der Waals surface area contributed by atoms with Crippen molar-refractivity contribution in [1.29, 1.82) is 0 Å². The number of nitrogens with one attached hydrogen (secondary N) is 1. The first-order valence-corrected chi connectivity index (χ1v) is 11.0. The zero-order chi connectivity index (χ0) is 21.8. The largest absolute Gasteiger partial charge is 0.383 e. The van der Waals surface area contributed by atoms with E-state index in [0.29, 0.717) is 31.1 Å². The highest BCUT2D eigenvalue weighted by Gasteiger charge is 2.41. The van der Waals surface area contributed by atoms with E-state index >= 15 is 0 Å². The molecule has 0 aromatic carbocycles. The first kappa shape index (κ1) is 21.4. The van der Waals surface area contributed by atoms with Crippen molar-refractivity contribution >= 4 is 11.8 Å². The number of rotatable bonds is 6. The van der Waals surface area contributed by atoms with Crippen molar-refractivity contribution in [2.24, 2.45) is 5.41 Å². The lowest BCUT2D eigenvalue weighted by Crippen LogP contribution is -2.33. The zero-order valence-electron chi connectivity index (χ0n) is 18.3. The van der Waals surface area contributed by atoms with E-state index in [0.717, 1.165) is 56.7 Å². The minimum absolute atomic E-state index is 0.0499. The van der Waals surface area contributed by atoms with E-state index in [1.165, 1.54) is 0 Å². The number of carbonyl (C=O) groups is 2. The number of fused-ring (bicyclic) bond motifs is 1. The van der Waals surface area contributed by atoms with Gasteiger partial charge in [-0.25, -0.2) is 0 Å². The summed E-state index contributed by atoms with van der Waals surface area (Å²) < 4.78 is 6.92. The van der Waals surface area contributed by atoms with Gasteiger partial charge in [0.25, 0.3) is 11.8 Å². The van der Waals surface area contributed by atoms with Crippen LogP contribution in [0.2, 0.25) is 0 Å². The van der Waals surface area contributed by atoms with Crippen LogP contribution in [-0.2, 0) is 24.1 Å². The Hall–Kier alpha value is -2.81. The monoisotopic (exact) mass is 426 g/mol. The Balaban J connectivity index is 1.41. The van der Waals surface area contributed by atoms with E-state index in [1.54, 1.807) is 13.3 Å². The van der Waals surface area contributed by atoms with E-state index in [2.05, 4.69) is 27.4 Å². The molecular weight excluding hydrogens is 396 g/mol. The van der Waals surface area contributed by atoms with E-state index in [4.69, 9.17) is 4.74 Å². The molecule has 2 amide bonds. The lowest BCUT2D eigenvalue weighted by Gasteiger charge is -2.27. The van der Waals surface area contributed by atoms with Crippen LogP contribution in [0.3, 0.4) is 0 Å². The van der Waals surface area contributed by atoms with Crippen LogP contribution in [0, 0.1) is 5.41 Å². The molecule has 1 fully saturated rings. The summed E-state index contributed by atoms with van der Waals surface area (Å²) in [6.45, 7) is 5.11. The molecule has 1 atom stereocenters. The Labute approximate surface area is 182 Å². The second-order valence-electron chi connectivity index (χ2n) is 8.46. The molecule has 1 unspecified atom stereocenters. The molecule has 9 nitrogen and oxygen atoms in total. The van der Waals surface area contributed by atoms with Gasteiger partial charge in [0.1, 0.15) is 5.82 Å². The Morgan fingerprint density at radius 1 is 1.19 bits per heavy atom. The number of carbonyl (C=O) groups excluding carboxylic acids is 2. The fourth-order valence-corrected chi connectivity index (χ4v) is 4.58. The van der Waals surface area contributed by atoms with Crippen molar-refractivity contribution in [3.8, 4) is 0 Å². The van der Waals surface area contributed by atoms with Gasteiger partial charge in [-0.15, -0.1) is 10.2 Å². The predicted molar refractivity (Wildman–Crippen MR) is 114 cm³/mol. The third-order valence-electron chi connectivity index (χ3n) is 6.53. The normalized spacial score (nSPS) is 20.5. The van der Waals surface area contributed by atoms with Crippen molar-refractivity contribution < 1.29 is 14.3 Å². The van der Waals surface area contributed by atoms with Gasteiger partial charge < -0.3 is 19.5 Å². The summed E-state index contributed by atoms with van der Waals surface area (Å²) in [6, 6.07) is 3.80. The Morgan fingerprint density at radius 2 is 2.03 bits per heavy atom. The summed E-state index contributed by atoms with van der Waals surface area (Å²) in [5, 5.41) is 11.2. The second kappa shape index (κ2) is 9.13. The maximum absolute atomic E-state index is 13.0. The van der Waals surface area contributed by atoms with Crippen LogP contribution in [0.25, 0.3) is 0 Å². The quantitative estimate of drug-likeness (QED) is 0.702. The molecule has 2 aromatic heterocycles. The van der Waals surface area contributed by atoms with Gasteiger partial charge >= 0.3 is 0 Å². The highest BCUT2D eigenvalue weighted by molar-refractivity contribution is 5.94. The number of pyridine rings is 1. The molecule has 1 N–H and O–H groups in total. The van der Waals surface area contributed by atoms with E-state index < -0.39 is 0 Å². The molecule has 31 heavy (non-hydrogen) atoms. The number of methoxy groups -OCH3 is 1. The molecule has 1 spiro atoms. The molecular formula is C22H30N6O3. The summed E-state index contributed by atoms with van der Waals surface area (Å²) in [4.78, 5) is 31.8. The average molecular weight is 427 g/mol. The minimum Gasteiger partial charge on any atom is -0.383 e. The average Bonchev–Trinajstić information content (AvgIpc) is 3.36. The predicted octanol–water partition coefficient (Wildman–Crippen LogP) is 1.48. The van der Waals surface area contributed by atoms with Gasteiger partial charge in [0.2, 0.25) is 5.82 Å². The number of aryl methyl sites for hydroxylation is 2. The Kier molecular flexibility index (Phi) is 6.31. The lowest BCUT2D eigenvalue weighted by atomic mass is 9.80. The molecule has 0 bridgehead atoms. The topological polar surface area (TPSA) is 102 Å². The van der Waals surface area contributed by atoms with Gasteiger partial charge in [0.15, 0.2) is 0 Å². The third-order valence-corrected chi connectivity index (χ3v) is 6.53. The summed E-state index contributed by atoms with van der Waals surface area (Å²) >= 11 is 0. The van der Waals surface area contributed by atoms with Crippen LogP contribution in [0.15, 0.2) is 18.3 Å². The first-order valence-electron chi connectivity index (χ1n) is 11.0. The number of likely N-dealkylation sites (tertiary alicyclic amines) is 1. The Morgan fingerprint density at radius 3 is 2.77 bits per heavy atom. The SMILES string of the molecule is CCc1ccc(C(=O)N2CCC3(CCc4nnc(C(=O)NCCOC)n4CC3)C2)cn1. The number of hydrogen-bond donors (Lipinski definition) is 1. The van der Waals surface area contributed by atoms with Crippen LogP contribution >= 0.6 is 0 Å². The fourth-order valence-electron chi connectivity index (χ4n) is 4.58. The van der Waals surface area contributed by atoms with Crippen LogP contribution < -0.4 is 5.32 Å². The van der Waals surface area contributed by atoms with Crippen molar-refractivity contribution in [1.82, 2.24) is 30.0 Å². The van der Waals surface area contributed by atoms with Gasteiger partial charge in [-0.3, -0.25) is 14.6 Å². The molecule has 2 aliphatic heterocycles. The summed E-state index contributed by atoms with van der Waals surface area (Å²) in [5.74, 6) is 1.03. The number of amides is 2. The molecule has 0 aliphatic carbocycles. The van der Waals surface area contributed by atoms with E-state index in [9.17, 15) is 9.59 Å². The second-order valence-corrected chi connectivity index (χ2v) is 8.46. The highest BCUT2D eigenvalue weighted by atomic mass is 16.5.